The first-order valence-corrected chi connectivity index (χ1v) is 5.70. The molecular weight excluding hydrogens is 256 g/mol. The lowest BCUT2D eigenvalue weighted by molar-refractivity contribution is 0.355. The van der Waals surface area contributed by atoms with Crippen molar-refractivity contribution >= 4 is 15.9 Å². The molecule has 1 aliphatic heterocycles. The van der Waals surface area contributed by atoms with Gasteiger partial charge in [-0.15, -0.1) is 6.58 Å². The smallest absolute Gasteiger partial charge is 0.155 e. The van der Waals surface area contributed by atoms with Crippen molar-refractivity contribution in [2.24, 2.45) is 5.73 Å². The fraction of sp³-hybridized carbons (Fsp3) is 0.364. The lowest BCUT2D eigenvalue weighted by Gasteiger charge is -2.11. The second kappa shape index (κ2) is 4.33. The van der Waals surface area contributed by atoms with Gasteiger partial charge in [0.05, 0.1) is 28.5 Å². The summed E-state index contributed by atoms with van der Waals surface area (Å²) in [6, 6.07) is 1.85. The van der Waals surface area contributed by atoms with Crippen LogP contribution in [-0.2, 0) is 6.42 Å². The van der Waals surface area contributed by atoms with Gasteiger partial charge in [0.1, 0.15) is 0 Å². The number of hydrogen-bond acceptors (Lipinski definition) is 3. The topological polar surface area (TPSA) is 48.1 Å². The molecule has 80 valence electrons. The molecule has 0 aliphatic carbocycles. The monoisotopic (exact) mass is 268 g/mol. The molecule has 0 radical (unpaired) electrons. The highest BCUT2D eigenvalue weighted by Gasteiger charge is 2.19. The molecule has 0 bridgehead atoms. The molecule has 1 atom stereocenters. The zero-order valence-electron chi connectivity index (χ0n) is 8.37. The maximum absolute atomic E-state index is 5.97. The molecule has 0 fully saturated rings. The Morgan fingerprint density at radius 2 is 2.53 bits per heavy atom. The van der Waals surface area contributed by atoms with E-state index in [2.05, 4.69) is 27.5 Å². The van der Waals surface area contributed by atoms with E-state index in [0.717, 1.165) is 34.5 Å². The molecule has 2 heterocycles. The Morgan fingerprint density at radius 1 is 1.73 bits per heavy atom. The second-order valence-electron chi connectivity index (χ2n) is 3.53. The Balaban J connectivity index is 2.34. The van der Waals surface area contributed by atoms with Crippen LogP contribution < -0.4 is 10.5 Å². The van der Waals surface area contributed by atoms with E-state index < -0.39 is 0 Å². The van der Waals surface area contributed by atoms with Crippen molar-refractivity contribution in [3.8, 4) is 5.75 Å². The first kappa shape index (κ1) is 10.6. The van der Waals surface area contributed by atoms with Gasteiger partial charge in [0, 0.05) is 6.42 Å². The Bertz CT molecular complexity index is 392. The highest BCUT2D eigenvalue weighted by Crippen LogP contribution is 2.34. The Labute approximate surface area is 97.5 Å². The summed E-state index contributed by atoms with van der Waals surface area (Å²) in [5, 5.41) is 0. The summed E-state index contributed by atoms with van der Waals surface area (Å²) in [7, 11) is 0. The van der Waals surface area contributed by atoms with Crippen LogP contribution in [0.25, 0.3) is 0 Å². The fourth-order valence-electron chi connectivity index (χ4n) is 1.63. The van der Waals surface area contributed by atoms with Crippen molar-refractivity contribution in [3.05, 3.63) is 34.6 Å². The van der Waals surface area contributed by atoms with Crippen LogP contribution in [0, 0.1) is 0 Å². The summed E-state index contributed by atoms with van der Waals surface area (Å²) in [5.41, 5.74) is 7.87. The van der Waals surface area contributed by atoms with Gasteiger partial charge in [-0.3, -0.25) is 4.98 Å². The molecule has 0 unspecified atom stereocenters. The van der Waals surface area contributed by atoms with Gasteiger partial charge in [-0.1, -0.05) is 6.08 Å². The largest absolute Gasteiger partial charge is 0.490 e. The van der Waals surface area contributed by atoms with Crippen LogP contribution in [0.3, 0.4) is 0 Å². The Morgan fingerprint density at radius 3 is 3.27 bits per heavy atom. The third kappa shape index (κ3) is 2.06. The molecule has 0 amide bonds. The van der Waals surface area contributed by atoms with E-state index in [-0.39, 0.29) is 6.04 Å². The maximum Gasteiger partial charge on any atom is 0.155 e. The van der Waals surface area contributed by atoms with Crippen molar-refractivity contribution in [2.45, 2.75) is 18.9 Å². The summed E-state index contributed by atoms with van der Waals surface area (Å²) in [6.45, 7) is 4.39. The maximum atomic E-state index is 5.97. The van der Waals surface area contributed by atoms with Gasteiger partial charge in [-0.2, -0.15) is 0 Å². The minimum atomic E-state index is -0.0790. The van der Waals surface area contributed by atoms with Crippen LogP contribution in [0.15, 0.2) is 23.2 Å². The minimum Gasteiger partial charge on any atom is -0.490 e. The Hall–Kier alpha value is -0.870. The number of pyridine rings is 1. The molecule has 0 aromatic carbocycles. The van der Waals surface area contributed by atoms with Crippen molar-refractivity contribution in [2.75, 3.05) is 6.61 Å². The first-order valence-electron chi connectivity index (χ1n) is 4.91. The highest BCUT2D eigenvalue weighted by atomic mass is 79.9. The number of fused-ring (bicyclic) bond motifs is 1. The van der Waals surface area contributed by atoms with Crippen LogP contribution in [0.1, 0.15) is 23.9 Å². The fourth-order valence-corrected chi connectivity index (χ4v) is 2.21. The second-order valence-corrected chi connectivity index (χ2v) is 4.39. The molecule has 0 spiro atoms. The zero-order chi connectivity index (χ0) is 10.8. The van der Waals surface area contributed by atoms with E-state index in [1.807, 2.05) is 12.1 Å². The molecule has 1 aromatic rings. The van der Waals surface area contributed by atoms with Gasteiger partial charge in [-0.25, -0.2) is 0 Å². The molecule has 2 N–H and O–H groups in total. The lowest BCUT2D eigenvalue weighted by atomic mass is 10.1. The predicted molar refractivity (Wildman–Crippen MR) is 62.9 cm³/mol. The first-order chi connectivity index (χ1) is 7.22. The van der Waals surface area contributed by atoms with Crippen molar-refractivity contribution < 1.29 is 4.74 Å². The molecular formula is C11H13BrN2O. The molecule has 0 saturated carbocycles. The van der Waals surface area contributed by atoms with Crippen molar-refractivity contribution in [1.29, 1.82) is 0 Å². The number of hydrogen-bond donors (Lipinski definition) is 1. The predicted octanol–water partition coefficient (Wildman–Crippen LogP) is 2.35. The van der Waals surface area contributed by atoms with Crippen LogP contribution in [0.4, 0.5) is 0 Å². The molecule has 0 saturated heterocycles. The van der Waals surface area contributed by atoms with Crippen LogP contribution in [-0.4, -0.2) is 11.6 Å². The summed E-state index contributed by atoms with van der Waals surface area (Å²) < 4.78 is 6.40. The third-order valence-corrected chi connectivity index (χ3v) is 2.99. The number of nitrogens with two attached hydrogens (primary N) is 1. The van der Waals surface area contributed by atoms with Gasteiger partial charge in [-0.05, 0) is 28.4 Å². The van der Waals surface area contributed by atoms with Crippen LogP contribution in [0.5, 0.6) is 5.75 Å². The molecule has 3 nitrogen and oxygen atoms in total. The van der Waals surface area contributed by atoms with Gasteiger partial charge < -0.3 is 10.5 Å². The zero-order valence-corrected chi connectivity index (χ0v) is 9.96. The van der Waals surface area contributed by atoms with Gasteiger partial charge >= 0.3 is 0 Å². The minimum absolute atomic E-state index is 0.0790. The Kier molecular flexibility index (Phi) is 3.07. The summed E-state index contributed by atoms with van der Waals surface area (Å²) in [4.78, 5) is 4.50. The number of aromatic nitrogens is 1. The number of rotatable bonds is 3. The average Bonchev–Trinajstić information content (AvgIpc) is 2.66. The summed E-state index contributed by atoms with van der Waals surface area (Å²) in [6.07, 6.45) is 3.41. The third-order valence-electron chi connectivity index (χ3n) is 2.40. The van der Waals surface area contributed by atoms with Gasteiger partial charge in [0.2, 0.25) is 0 Å². The number of ether oxygens (including phenoxy) is 1. The van der Waals surface area contributed by atoms with Crippen LogP contribution in [0.2, 0.25) is 0 Å². The quantitative estimate of drug-likeness (QED) is 0.857. The average molecular weight is 269 g/mol. The van der Waals surface area contributed by atoms with E-state index in [9.17, 15) is 0 Å². The van der Waals surface area contributed by atoms with E-state index in [0.29, 0.717) is 6.61 Å². The summed E-state index contributed by atoms with van der Waals surface area (Å²) in [5.74, 6) is 0.865. The molecule has 2 rings (SSSR count). The molecule has 1 aliphatic rings. The van der Waals surface area contributed by atoms with Crippen LogP contribution >= 0.6 is 15.9 Å². The van der Waals surface area contributed by atoms with E-state index in [4.69, 9.17) is 10.5 Å². The van der Waals surface area contributed by atoms with Gasteiger partial charge in [0.15, 0.2) is 5.75 Å². The highest BCUT2D eigenvalue weighted by molar-refractivity contribution is 9.10. The van der Waals surface area contributed by atoms with Crippen molar-refractivity contribution in [3.63, 3.8) is 0 Å². The summed E-state index contributed by atoms with van der Waals surface area (Å²) >= 11 is 3.47. The van der Waals surface area contributed by atoms with E-state index in [1.54, 1.807) is 0 Å². The standard InChI is InChI=1S/C11H13BrN2O/c1-2-3-8(13)10-6-7(12)11-9(14-10)4-5-15-11/h2,6,8H,1,3-5,13H2/t8-/m0/s1. The number of nitrogens with zero attached hydrogens (tertiary/aromatic N) is 1. The molecule has 4 heteroatoms. The normalized spacial score (nSPS) is 15.6. The van der Waals surface area contributed by atoms with E-state index >= 15 is 0 Å². The molecule has 15 heavy (non-hydrogen) atoms. The van der Waals surface area contributed by atoms with E-state index in [1.165, 1.54) is 0 Å². The van der Waals surface area contributed by atoms with Gasteiger partial charge in [0.25, 0.3) is 0 Å². The van der Waals surface area contributed by atoms with Crippen molar-refractivity contribution in [1.82, 2.24) is 4.98 Å². The molecule has 1 aromatic heterocycles. The lowest BCUT2D eigenvalue weighted by Crippen LogP contribution is -2.11. The SMILES string of the molecule is C=CC[C@H](N)c1cc(Br)c2c(n1)CCO2. The number of halogens is 1.